The molecular formula is C33H38N2O4. The second-order valence-electron chi connectivity index (χ2n) is 11.8. The Bertz CT molecular complexity index is 1280. The normalized spacial score (nSPS) is 24.9. The number of aromatic carboxylic acids is 1. The van der Waals surface area contributed by atoms with Crippen molar-refractivity contribution >= 4 is 28.7 Å². The molecule has 0 spiro atoms. The zero-order valence-corrected chi connectivity index (χ0v) is 22.9. The molecule has 3 aromatic rings. The fraction of sp³-hybridized carbons (Fsp3) is 0.424. The van der Waals surface area contributed by atoms with Crippen LogP contribution in [0.2, 0.25) is 0 Å². The van der Waals surface area contributed by atoms with Crippen molar-refractivity contribution < 1.29 is 19.4 Å². The van der Waals surface area contributed by atoms with E-state index >= 15 is 0 Å². The van der Waals surface area contributed by atoms with Crippen molar-refractivity contribution in [2.45, 2.75) is 43.9 Å². The lowest BCUT2D eigenvalue weighted by molar-refractivity contribution is -0.00518. The Kier molecular flexibility index (Phi) is 6.98. The number of hydrogen-bond donors (Lipinski definition) is 2. The number of rotatable bonds is 10. The largest absolute Gasteiger partial charge is 0.491 e. The molecule has 0 atom stereocenters. The smallest absolute Gasteiger partial charge is 0.337 e. The van der Waals surface area contributed by atoms with Gasteiger partial charge in [0.25, 0.3) is 0 Å². The predicted octanol–water partition coefficient (Wildman–Crippen LogP) is 7.39. The van der Waals surface area contributed by atoms with Crippen LogP contribution in [0.4, 0.5) is 22.7 Å². The first-order valence-electron chi connectivity index (χ1n) is 14.1. The molecule has 0 aliphatic heterocycles. The highest BCUT2D eigenvalue weighted by Gasteiger charge is 2.51. The quantitative estimate of drug-likeness (QED) is 0.268. The van der Waals surface area contributed by atoms with E-state index in [1.165, 1.54) is 50.3 Å². The van der Waals surface area contributed by atoms with Crippen molar-refractivity contribution in [2.24, 2.45) is 17.8 Å². The number of carbonyl (C=O) groups is 1. The van der Waals surface area contributed by atoms with Gasteiger partial charge in [-0.1, -0.05) is 12.1 Å². The molecule has 0 heterocycles. The van der Waals surface area contributed by atoms with Crippen molar-refractivity contribution in [1.82, 2.24) is 0 Å². The molecule has 4 fully saturated rings. The third-order valence-corrected chi connectivity index (χ3v) is 9.22. The van der Waals surface area contributed by atoms with Gasteiger partial charge in [-0.15, -0.1) is 0 Å². The third-order valence-electron chi connectivity index (χ3n) is 9.22. The van der Waals surface area contributed by atoms with E-state index in [2.05, 4.69) is 53.7 Å². The summed E-state index contributed by atoms with van der Waals surface area (Å²) in [5, 5.41) is 13.0. The van der Waals surface area contributed by atoms with E-state index in [0.29, 0.717) is 30.1 Å². The molecule has 4 aliphatic carbocycles. The number of ether oxygens (including phenoxy) is 2. The SMILES string of the molecule is COCCOc1ccc(Nc2ccc(N(C)c3ccc(C45CC6CC(CC(C6)C4)C5)cc3)cc2)c(C(=O)O)c1. The molecule has 0 amide bonds. The van der Waals surface area contributed by atoms with Gasteiger partial charge in [0, 0.05) is 31.2 Å². The van der Waals surface area contributed by atoms with E-state index in [1.54, 1.807) is 24.8 Å². The van der Waals surface area contributed by atoms with Gasteiger partial charge in [0.15, 0.2) is 0 Å². The molecule has 6 heteroatoms. The van der Waals surface area contributed by atoms with Crippen LogP contribution in [-0.2, 0) is 10.2 Å². The van der Waals surface area contributed by atoms with Crippen LogP contribution in [0.25, 0.3) is 0 Å². The summed E-state index contributed by atoms with van der Waals surface area (Å²) in [5.74, 6) is 2.34. The van der Waals surface area contributed by atoms with Gasteiger partial charge in [0.05, 0.1) is 17.9 Å². The Morgan fingerprint density at radius 1 is 0.897 bits per heavy atom. The zero-order chi connectivity index (χ0) is 27.0. The van der Waals surface area contributed by atoms with Gasteiger partial charge >= 0.3 is 5.97 Å². The Hall–Kier alpha value is -3.51. The fourth-order valence-electron chi connectivity index (χ4n) is 7.72. The van der Waals surface area contributed by atoms with Crippen LogP contribution in [0.3, 0.4) is 0 Å². The molecular weight excluding hydrogens is 488 g/mol. The highest BCUT2D eigenvalue weighted by molar-refractivity contribution is 5.95. The number of nitrogens with one attached hydrogen (secondary N) is 1. The van der Waals surface area contributed by atoms with E-state index in [-0.39, 0.29) is 5.56 Å². The van der Waals surface area contributed by atoms with E-state index in [9.17, 15) is 9.90 Å². The number of carboxylic acids is 1. The highest BCUT2D eigenvalue weighted by Crippen LogP contribution is 2.60. The lowest BCUT2D eigenvalue weighted by atomic mass is 9.48. The third kappa shape index (κ3) is 5.22. The topological polar surface area (TPSA) is 71.0 Å². The lowest BCUT2D eigenvalue weighted by Gasteiger charge is -2.57. The van der Waals surface area contributed by atoms with Crippen LogP contribution in [0, 0.1) is 17.8 Å². The first-order valence-corrected chi connectivity index (χ1v) is 14.1. The van der Waals surface area contributed by atoms with Gasteiger partial charge in [0.1, 0.15) is 12.4 Å². The second-order valence-corrected chi connectivity index (χ2v) is 11.8. The zero-order valence-electron chi connectivity index (χ0n) is 22.9. The van der Waals surface area contributed by atoms with Crippen LogP contribution in [0.5, 0.6) is 5.75 Å². The Balaban J connectivity index is 1.13. The van der Waals surface area contributed by atoms with Gasteiger partial charge in [-0.2, -0.15) is 0 Å². The molecule has 39 heavy (non-hydrogen) atoms. The van der Waals surface area contributed by atoms with Crippen LogP contribution < -0.4 is 15.0 Å². The molecule has 0 saturated heterocycles. The van der Waals surface area contributed by atoms with Crippen molar-refractivity contribution in [3.8, 4) is 5.75 Å². The fourth-order valence-corrected chi connectivity index (χ4v) is 7.72. The summed E-state index contributed by atoms with van der Waals surface area (Å²) in [6.07, 6.45) is 8.56. The van der Waals surface area contributed by atoms with E-state index < -0.39 is 5.97 Å². The van der Waals surface area contributed by atoms with Crippen LogP contribution in [0.1, 0.15) is 54.4 Å². The van der Waals surface area contributed by atoms with Crippen molar-refractivity contribution in [1.29, 1.82) is 0 Å². The molecule has 4 aliphatic rings. The Labute approximate surface area is 230 Å². The van der Waals surface area contributed by atoms with E-state index in [1.807, 2.05) is 12.1 Å². The van der Waals surface area contributed by atoms with Gasteiger partial charge < -0.3 is 24.8 Å². The summed E-state index contributed by atoms with van der Waals surface area (Å²) >= 11 is 0. The van der Waals surface area contributed by atoms with E-state index in [4.69, 9.17) is 9.47 Å². The molecule has 3 aromatic carbocycles. The molecule has 4 saturated carbocycles. The number of hydrogen-bond acceptors (Lipinski definition) is 5. The maximum atomic E-state index is 11.9. The minimum absolute atomic E-state index is 0.158. The minimum atomic E-state index is -1.01. The molecule has 2 N–H and O–H groups in total. The van der Waals surface area contributed by atoms with Crippen LogP contribution in [-0.4, -0.2) is 38.4 Å². The maximum Gasteiger partial charge on any atom is 0.337 e. The molecule has 0 radical (unpaired) electrons. The Morgan fingerprint density at radius 2 is 1.49 bits per heavy atom. The number of nitrogens with zero attached hydrogens (tertiary/aromatic N) is 1. The molecule has 6 nitrogen and oxygen atoms in total. The maximum absolute atomic E-state index is 11.9. The second kappa shape index (κ2) is 10.6. The highest BCUT2D eigenvalue weighted by atomic mass is 16.5. The Morgan fingerprint density at radius 3 is 2.05 bits per heavy atom. The summed E-state index contributed by atoms with van der Waals surface area (Å²) in [6.45, 7) is 0.803. The number of anilines is 4. The first-order chi connectivity index (χ1) is 18.9. The number of carboxylic acid groups (broad SMARTS) is 1. The van der Waals surface area contributed by atoms with Crippen LogP contribution in [0.15, 0.2) is 66.7 Å². The van der Waals surface area contributed by atoms with Gasteiger partial charge in [-0.25, -0.2) is 4.79 Å². The number of methoxy groups -OCH3 is 1. The van der Waals surface area contributed by atoms with Gasteiger partial charge in [0.2, 0.25) is 0 Å². The molecule has 0 unspecified atom stereocenters. The first kappa shape index (κ1) is 25.8. The van der Waals surface area contributed by atoms with Gasteiger partial charge in [-0.3, -0.25) is 0 Å². The summed E-state index contributed by atoms with van der Waals surface area (Å²) in [7, 11) is 3.69. The van der Waals surface area contributed by atoms with Crippen LogP contribution >= 0.6 is 0 Å². The molecule has 4 bridgehead atoms. The molecule has 204 valence electrons. The summed E-state index contributed by atoms with van der Waals surface area (Å²) in [4.78, 5) is 14.1. The predicted molar refractivity (Wildman–Crippen MR) is 155 cm³/mol. The summed E-state index contributed by atoms with van der Waals surface area (Å²) in [6, 6.07) is 22.4. The average molecular weight is 527 g/mol. The minimum Gasteiger partial charge on any atom is -0.491 e. The van der Waals surface area contributed by atoms with E-state index in [0.717, 1.165) is 29.1 Å². The summed E-state index contributed by atoms with van der Waals surface area (Å²) in [5.41, 5.74) is 5.70. The molecule has 0 aromatic heterocycles. The van der Waals surface area contributed by atoms with Gasteiger partial charge in [-0.05, 0) is 122 Å². The van der Waals surface area contributed by atoms with Crippen molar-refractivity contribution in [3.05, 3.63) is 77.9 Å². The standard InChI is InChI=1S/C33H38N2O4/c1-35(27-7-3-25(4-8-27)33-19-22-15-23(20-33)17-24(16-22)21-33)28-9-5-26(6-10-28)34-31-12-11-29(39-14-13-38-2)18-30(31)32(36)37/h3-12,18,22-24,34H,13-17,19-21H2,1-2H3,(H,36,37). The average Bonchev–Trinajstić information content (AvgIpc) is 2.93. The molecule has 7 rings (SSSR count). The number of benzene rings is 3. The van der Waals surface area contributed by atoms with Crippen molar-refractivity contribution in [2.75, 3.05) is 37.6 Å². The lowest BCUT2D eigenvalue weighted by Crippen LogP contribution is -2.48. The van der Waals surface area contributed by atoms with Crippen molar-refractivity contribution in [3.63, 3.8) is 0 Å². The summed E-state index contributed by atoms with van der Waals surface area (Å²) < 4.78 is 10.6. The monoisotopic (exact) mass is 526 g/mol.